The van der Waals surface area contributed by atoms with Gasteiger partial charge in [-0.25, -0.2) is 4.39 Å². The highest BCUT2D eigenvalue weighted by molar-refractivity contribution is 5.51. The maximum absolute atomic E-state index is 12.8. The van der Waals surface area contributed by atoms with Crippen LogP contribution >= 0.6 is 0 Å². The molecule has 0 bridgehead atoms. The topological polar surface area (TPSA) is 32.3 Å². The van der Waals surface area contributed by atoms with E-state index in [0.29, 0.717) is 0 Å². The van der Waals surface area contributed by atoms with Gasteiger partial charge in [-0.1, -0.05) is 0 Å². The number of halogens is 1. The molecular weight excluding hydrogens is 193 g/mol. The predicted octanol–water partition coefficient (Wildman–Crippen LogP) is 2.71. The fourth-order valence-electron chi connectivity index (χ4n) is 1.20. The molecule has 15 heavy (non-hydrogen) atoms. The van der Waals surface area contributed by atoms with Crippen molar-refractivity contribution in [2.24, 2.45) is 0 Å². The number of nitrogens with one attached hydrogen (secondary N) is 1. The summed E-state index contributed by atoms with van der Waals surface area (Å²) >= 11 is 0. The molecule has 0 aliphatic heterocycles. The standard InChI is InChI=1S/C12H18FNO/c1-8-7-10(13)5-6-11(8)14-9(2)12(3,4)15/h5-7,9,14-15H,1-4H3. The lowest BCUT2D eigenvalue weighted by atomic mass is 10.00. The third kappa shape index (κ3) is 3.20. The van der Waals surface area contributed by atoms with E-state index in [9.17, 15) is 9.50 Å². The monoisotopic (exact) mass is 211 g/mol. The van der Waals surface area contributed by atoms with Crippen LogP contribution in [0.5, 0.6) is 0 Å². The number of anilines is 1. The van der Waals surface area contributed by atoms with Gasteiger partial charge in [-0.3, -0.25) is 0 Å². The molecule has 0 spiro atoms. The molecule has 1 aromatic rings. The summed E-state index contributed by atoms with van der Waals surface area (Å²) in [6.07, 6.45) is 0. The molecule has 1 aromatic carbocycles. The second-order valence-corrected chi connectivity index (χ2v) is 4.48. The van der Waals surface area contributed by atoms with Gasteiger partial charge in [-0.2, -0.15) is 0 Å². The van der Waals surface area contributed by atoms with Crippen molar-refractivity contribution >= 4 is 5.69 Å². The molecule has 0 aliphatic carbocycles. The van der Waals surface area contributed by atoms with E-state index in [-0.39, 0.29) is 11.9 Å². The molecule has 3 heteroatoms. The van der Waals surface area contributed by atoms with E-state index >= 15 is 0 Å². The van der Waals surface area contributed by atoms with Crippen molar-refractivity contribution < 1.29 is 9.50 Å². The van der Waals surface area contributed by atoms with E-state index in [0.717, 1.165) is 11.3 Å². The number of hydrogen-bond donors (Lipinski definition) is 2. The van der Waals surface area contributed by atoms with Crippen molar-refractivity contribution in [2.75, 3.05) is 5.32 Å². The Morgan fingerprint density at radius 2 is 2.00 bits per heavy atom. The zero-order valence-electron chi connectivity index (χ0n) is 9.63. The zero-order chi connectivity index (χ0) is 11.6. The Hall–Kier alpha value is -1.09. The molecule has 0 aliphatic rings. The summed E-state index contributed by atoms with van der Waals surface area (Å²) in [5.74, 6) is -0.242. The van der Waals surface area contributed by atoms with E-state index in [2.05, 4.69) is 5.32 Å². The van der Waals surface area contributed by atoms with Crippen LogP contribution in [0.25, 0.3) is 0 Å². The Morgan fingerprint density at radius 3 is 2.47 bits per heavy atom. The van der Waals surface area contributed by atoms with Gasteiger partial charge in [0.05, 0.1) is 11.6 Å². The summed E-state index contributed by atoms with van der Waals surface area (Å²) in [5.41, 5.74) is 0.887. The Bertz CT molecular complexity index is 344. The summed E-state index contributed by atoms with van der Waals surface area (Å²) in [4.78, 5) is 0. The lowest BCUT2D eigenvalue weighted by Gasteiger charge is -2.28. The fraction of sp³-hybridized carbons (Fsp3) is 0.500. The highest BCUT2D eigenvalue weighted by atomic mass is 19.1. The number of aryl methyl sites for hydroxylation is 1. The smallest absolute Gasteiger partial charge is 0.123 e. The molecule has 0 aromatic heterocycles. The van der Waals surface area contributed by atoms with Crippen LogP contribution in [0, 0.1) is 12.7 Å². The number of aliphatic hydroxyl groups is 1. The van der Waals surface area contributed by atoms with Crippen LogP contribution in [-0.4, -0.2) is 16.7 Å². The van der Waals surface area contributed by atoms with Gasteiger partial charge in [0, 0.05) is 5.69 Å². The van der Waals surface area contributed by atoms with Crippen LogP contribution in [0.1, 0.15) is 26.3 Å². The molecule has 0 amide bonds. The number of rotatable bonds is 3. The molecule has 2 N–H and O–H groups in total. The minimum absolute atomic E-state index is 0.0957. The maximum atomic E-state index is 12.8. The first kappa shape index (κ1) is 12.0. The molecular formula is C12H18FNO. The van der Waals surface area contributed by atoms with Crippen molar-refractivity contribution in [2.45, 2.75) is 39.3 Å². The van der Waals surface area contributed by atoms with Crippen LogP contribution < -0.4 is 5.32 Å². The van der Waals surface area contributed by atoms with Crippen molar-refractivity contribution in [1.29, 1.82) is 0 Å². The first-order valence-electron chi connectivity index (χ1n) is 5.06. The summed E-state index contributed by atoms with van der Waals surface area (Å²) < 4.78 is 12.8. The molecule has 0 radical (unpaired) electrons. The number of hydrogen-bond acceptors (Lipinski definition) is 2. The Labute approximate surface area is 90.1 Å². The first-order chi connectivity index (χ1) is 6.80. The van der Waals surface area contributed by atoms with Gasteiger partial charge in [-0.15, -0.1) is 0 Å². The normalized spacial score (nSPS) is 13.7. The molecule has 1 unspecified atom stereocenters. The van der Waals surface area contributed by atoms with E-state index in [4.69, 9.17) is 0 Å². The predicted molar refractivity (Wildman–Crippen MR) is 60.5 cm³/mol. The molecule has 0 fully saturated rings. The quantitative estimate of drug-likeness (QED) is 0.805. The van der Waals surface area contributed by atoms with Gasteiger partial charge >= 0.3 is 0 Å². The van der Waals surface area contributed by atoms with E-state index < -0.39 is 5.60 Å². The first-order valence-corrected chi connectivity index (χ1v) is 5.06. The lowest BCUT2D eigenvalue weighted by Crippen LogP contribution is -2.39. The van der Waals surface area contributed by atoms with Crippen molar-refractivity contribution in [3.05, 3.63) is 29.6 Å². The Kier molecular flexibility index (Phi) is 3.35. The highest BCUT2D eigenvalue weighted by Gasteiger charge is 2.22. The molecule has 1 rings (SSSR count). The second-order valence-electron chi connectivity index (χ2n) is 4.48. The molecule has 1 atom stereocenters. The van der Waals surface area contributed by atoms with E-state index in [1.165, 1.54) is 12.1 Å². The lowest BCUT2D eigenvalue weighted by molar-refractivity contribution is 0.0649. The molecule has 84 valence electrons. The maximum Gasteiger partial charge on any atom is 0.123 e. The zero-order valence-corrected chi connectivity index (χ0v) is 9.63. The van der Waals surface area contributed by atoms with Gasteiger partial charge < -0.3 is 10.4 Å². The van der Waals surface area contributed by atoms with Crippen LogP contribution in [0.2, 0.25) is 0 Å². The largest absolute Gasteiger partial charge is 0.388 e. The van der Waals surface area contributed by atoms with Gasteiger partial charge in [-0.05, 0) is 51.5 Å². The van der Waals surface area contributed by atoms with Gasteiger partial charge in [0.2, 0.25) is 0 Å². The number of benzene rings is 1. The van der Waals surface area contributed by atoms with Crippen molar-refractivity contribution in [3.8, 4) is 0 Å². The van der Waals surface area contributed by atoms with Crippen LogP contribution in [-0.2, 0) is 0 Å². The summed E-state index contributed by atoms with van der Waals surface area (Å²) in [5, 5.41) is 12.9. The average Bonchev–Trinajstić information content (AvgIpc) is 2.08. The van der Waals surface area contributed by atoms with Crippen molar-refractivity contribution in [3.63, 3.8) is 0 Å². The van der Waals surface area contributed by atoms with Gasteiger partial charge in [0.25, 0.3) is 0 Å². The summed E-state index contributed by atoms with van der Waals surface area (Å²) in [7, 11) is 0. The van der Waals surface area contributed by atoms with Crippen molar-refractivity contribution in [1.82, 2.24) is 0 Å². The van der Waals surface area contributed by atoms with Crippen LogP contribution in [0.15, 0.2) is 18.2 Å². The third-order valence-corrected chi connectivity index (χ3v) is 2.62. The Balaban J connectivity index is 2.82. The SMILES string of the molecule is Cc1cc(F)ccc1NC(C)C(C)(C)O. The fourth-order valence-corrected chi connectivity index (χ4v) is 1.20. The van der Waals surface area contributed by atoms with Crippen LogP contribution in [0.4, 0.5) is 10.1 Å². The second kappa shape index (κ2) is 4.19. The minimum Gasteiger partial charge on any atom is -0.388 e. The average molecular weight is 211 g/mol. The van der Waals surface area contributed by atoms with E-state index in [1.807, 2.05) is 13.8 Å². The molecule has 0 heterocycles. The third-order valence-electron chi connectivity index (χ3n) is 2.62. The van der Waals surface area contributed by atoms with Crippen LogP contribution in [0.3, 0.4) is 0 Å². The molecule has 0 saturated carbocycles. The molecule has 2 nitrogen and oxygen atoms in total. The molecule has 0 saturated heterocycles. The Morgan fingerprint density at radius 1 is 1.40 bits per heavy atom. The minimum atomic E-state index is -0.805. The highest BCUT2D eigenvalue weighted by Crippen LogP contribution is 2.20. The van der Waals surface area contributed by atoms with E-state index in [1.54, 1.807) is 19.9 Å². The summed E-state index contributed by atoms with van der Waals surface area (Å²) in [6, 6.07) is 4.47. The summed E-state index contributed by atoms with van der Waals surface area (Å²) in [6.45, 7) is 7.21. The van der Waals surface area contributed by atoms with Gasteiger partial charge in [0.15, 0.2) is 0 Å². The van der Waals surface area contributed by atoms with Gasteiger partial charge in [0.1, 0.15) is 5.82 Å².